The fourth-order valence-electron chi connectivity index (χ4n) is 0.662. The van der Waals surface area contributed by atoms with Crippen LogP contribution in [0, 0.1) is 3.95 Å². The molecule has 0 spiro atoms. The van der Waals surface area contributed by atoms with Gasteiger partial charge in [-0.25, -0.2) is 9.50 Å². The van der Waals surface area contributed by atoms with Crippen LogP contribution in [0.2, 0.25) is 0 Å². The van der Waals surface area contributed by atoms with Crippen molar-refractivity contribution in [2.24, 2.45) is 0 Å². The second kappa shape index (κ2) is 1.65. The maximum Gasteiger partial charge on any atom is 0.182 e. The van der Waals surface area contributed by atoms with Crippen molar-refractivity contribution in [1.29, 1.82) is 0 Å². The molecule has 0 aliphatic rings. The average molecular weight is 157 g/mol. The van der Waals surface area contributed by atoms with E-state index in [0.717, 1.165) is 9.60 Å². The Morgan fingerprint density at radius 2 is 2.67 bits per heavy atom. The maximum atomic E-state index is 4.95. The molecular weight excluding hydrogens is 154 g/mol. The van der Waals surface area contributed by atoms with E-state index in [1.807, 2.05) is 5.38 Å². The molecule has 0 saturated heterocycles. The van der Waals surface area contributed by atoms with Gasteiger partial charge in [0.25, 0.3) is 0 Å². The number of hydrogen-bond acceptors (Lipinski definition) is 3. The lowest BCUT2D eigenvalue weighted by molar-refractivity contribution is 0.971. The Bertz CT molecular complexity index is 368. The first-order chi connectivity index (χ1) is 4.38. The van der Waals surface area contributed by atoms with Crippen LogP contribution in [0.5, 0.6) is 0 Å². The summed E-state index contributed by atoms with van der Waals surface area (Å²) < 4.78 is 2.57. The molecule has 0 bridgehead atoms. The van der Waals surface area contributed by atoms with Crippen LogP contribution in [0.25, 0.3) is 5.65 Å². The maximum absolute atomic E-state index is 4.95. The zero-order valence-corrected chi connectivity index (χ0v) is 6.00. The topological polar surface area (TPSA) is 33.1 Å². The minimum absolute atomic E-state index is 0.808. The highest BCUT2D eigenvalue weighted by Crippen LogP contribution is 2.06. The van der Waals surface area contributed by atoms with E-state index >= 15 is 0 Å². The van der Waals surface area contributed by atoms with Crippen molar-refractivity contribution < 1.29 is 0 Å². The lowest BCUT2D eigenvalue weighted by atomic mass is 10.9. The van der Waals surface area contributed by atoms with Crippen molar-refractivity contribution in [2.75, 3.05) is 0 Å². The molecular formula is C4H3N3S2. The summed E-state index contributed by atoms with van der Waals surface area (Å²) >= 11 is 6.46. The Labute approximate surface area is 60.0 Å². The predicted molar refractivity (Wildman–Crippen MR) is 38.3 cm³/mol. The SMILES string of the molecule is S=c1scc2nc[nH]n12. The second-order valence-corrected chi connectivity index (χ2v) is 3.09. The Hall–Kier alpha value is -0.680. The molecule has 0 saturated carbocycles. The van der Waals surface area contributed by atoms with Gasteiger partial charge in [-0.2, -0.15) is 0 Å². The third-order valence-corrected chi connectivity index (χ3v) is 2.24. The molecule has 2 aromatic rings. The smallest absolute Gasteiger partial charge is 0.182 e. The minimum Gasteiger partial charge on any atom is -0.280 e. The molecule has 0 unspecified atom stereocenters. The molecule has 1 N–H and O–H groups in total. The van der Waals surface area contributed by atoms with E-state index in [2.05, 4.69) is 10.1 Å². The number of H-pyrrole nitrogens is 1. The Morgan fingerprint density at radius 1 is 1.78 bits per heavy atom. The Kier molecular flexibility index (Phi) is 0.940. The van der Waals surface area contributed by atoms with Gasteiger partial charge in [-0.3, -0.25) is 5.10 Å². The minimum atomic E-state index is 0.808. The lowest BCUT2D eigenvalue weighted by Crippen LogP contribution is -1.77. The van der Waals surface area contributed by atoms with Crippen molar-refractivity contribution in [2.45, 2.75) is 0 Å². The molecule has 0 amide bonds. The van der Waals surface area contributed by atoms with Crippen molar-refractivity contribution in [1.82, 2.24) is 14.6 Å². The number of rotatable bonds is 0. The van der Waals surface area contributed by atoms with Gasteiger partial charge in [0.15, 0.2) is 9.60 Å². The number of aromatic nitrogens is 3. The van der Waals surface area contributed by atoms with Crippen LogP contribution in [0.1, 0.15) is 0 Å². The molecule has 9 heavy (non-hydrogen) atoms. The number of thiazole rings is 1. The average Bonchev–Trinajstić information content (AvgIpc) is 2.35. The van der Waals surface area contributed by atoms with Crippen LogP contribution in [0.4, 0.5) is 0 Å². The summed E-state index contributed by atoms with van der Waals surface area (Å²) in [6.45, 7) is 0. The molecule has 0 aromatic carbocycles. The first kappa shape index (κ1) is 5.13. The lowest BCUT2D eigenvalue weighted by Gasteiger charge is -1.74. The van der Waals surface area contributed by atoms with Crippen molar-refractivity contribution in [3.8, 4) is 0 Å². The number of nitrogens with one attached hydrogen (secondary N) is 1. The fraction of sp³-hybridized carbons (Fsp3) is 0. The molecule has 2 heterocycles. The summed E-state index contributed by atoms with van der Waals surface area (Å²) in [5.41, 5.74) is 0.894. The normalized spacial score (nSPS) is 10.7. The number of hydrogen-bond donors (Lipinski definition) is 1. The van der Waals surface area contributed by atoms with Gasteiger partial charge in [-0.15, -0.1) is 11.3 Å². The van der Waals surface area contributed by atoms with E-state index in [-0.39, 0.29) is 0 Å². The molecule has 2 rings (SSSR count). The van der Waals surface area contributed by atoms with Gasteiger partial charge >= 0.3 is 0 Å². The first-order valence-corrected chi connectivity index (χ1v) is 3.66. The molecule has 2 aromatic heterocycles. The van der Waals surface area contributed by atoms with Crippen LogP contribution >= 0.6 is 23.6 Å². The van der Waals surface area contributed by atoms with Gasteiger partial charge in [-0.1, -0.05) is 0 Å². The van der Waals surface area contributed by atoms with Gasteiger partial charge in [0.1, 0.15) is 6.33 Å². The predicted octanol–water partition coefficient (Wildman–Crippen LogP) is 1.45. The molecule has 5 heteroatoms. The van der Waals surface area contributed by atoms with Gasteiger partial charge in [0.2, 0.25) is 0 Å². The van der Waals surface area contributed by atoms with Gasteiger partial charge in [-0.05, 0) is 12.2 Å². The molecule has 3 nitrogen and oxygen atoms in total. The largest absolute Gasteiger partial charge is 0.280 e. The molecule has 0 fully saturated rings. The molecule has 0 aliphatic carbocycles. The third-order valence-electron chi connectivity index (χ3n) is 1.06. The zero-order valence-electron chi connectivity index (χ0n) is 4.37. The van der Waals surface area contributed by atoms with E-state index in [1.165, 1.54) is 11.3 Å². The summed E-state index contributed by atoms with van der Waals surface area (Å²) in [4.78, 5) is 3.99. The highest BCUT2D eigenvalue weighted by molar-refractivity contribution is 7.73. The van der Waals surface area contributed by atoms with Crippen LogP contribution < -0.4 is 0 Å². The number of aromatic amines is 1. The van der Waals surface area contributed by atoms with Crippen molar-refractivity contribution in [3.63, 3.8) is 0 Å². The van der Waals surface area contributed by atoms with Crippen LogP contribution in [0.15, 0.2) is 11.7 Å². The molecule has 46 valence electrons. The third kappa shape index (κ3) is 0.617. The van der Waals surface area contributed by atoms with E-state index in [4.69, 9.17) is 12.2 Å². The summed E-state index contributed by atoms with van der Waals surface area (Å²) in [6, 6.07) is 0. The second-order valence-electron chi connectivity index (χ2n) is 1.58. The van der Waals surface area contributed by atoms with Crippen molar-refractivity contribution >= 4 is 29.2 Å². The van der Waals surface area contributed by atoms with Gasteiger partial charge in [0, 0.05) is 5.38 Å². The van der Waals surface area contributed by atoms with Gasteiger partial charge in [0.05, 0.1) is 0 Å². The summed E-state index contributed by atoms with van der Waals surface area (Å²) in [7, 11) is 0. The van der Waals surface area contributed by atoms with E-state index in [1.54, 1.807) is 10.8 Å². The summed E-state index contributed by atoms with van der Waals surface area (Å²) in [5.74, 6) is 0. The number of nitrogens with zero attached hydrogens (tertiary/aromatic N) is 2. The monoisotopic (exact) mass is 157 g/mol. The molecule has 0 radical (unpaired) electrons. The first-order valence-electron chi connectivity index (χ1n) is 2.37. The number of fused-ring (bicyclic) bond motifs is 1. The zero-order chi connectivity index (χ0) is 6.27. The Balaban J connectivity index is 3.17. The van der Waals surface area contributed by atoms with E-state index in [9.17, 15) is 0 Å². The molecule has 0 atom stereocenters. The quantitative estimate of drug-likeness (QED) is 0.587. The Morgan fingerprint density at radius 3 is 3.44 bits per heavy atom. The fourth-order valence-corrected chi connectivity index (χ4v) is 1.58. The highest BCUT2D eigenvalue weighted by Gasteiger charge is 1.93. The van der Waals surface area contributed by atoms with Crippen LogP contribution in [0.3, 0.4) is 0 Å². The summed E-state index contributed by atoms with van der Waals surface area (Å²) in [5, 5.41) is 4.80. The van der Waals surface area contributed by atoms with Crippen LogP contribution in [-0.4, -0.2) is 14.6 Å². The van der Waals surface area contributed by atoms with E-state index in [0.29, 0.717) is 0 Å². The van der Waals surface area contributed by atoms with Crippen molar-refractivity contribution in [3.05, 3.63) is 15.7 Å². The van der Waals surface area contributed by atoms with E-state index < -0.39 is 0 Å². The molecule has 0 aliphatic heterocycles. The highest BCUT2D eigenvalue weighted by atomic mass is 32.1. The van der Waals surface area contributed by atoms with Gasteiger partial charge < -0.3 is 0 Å². The standard InChI is InChI=1S/C4H3N3S2/c8-4-7-3(1-9-4)5-2-6-7/h1-2H,(H,5,6). The summed E-state index contributed by atoms with van der Waals surface area (Å²) in [6.07, 6.45) is 1.62. The van der Waals surface area contributed by atoms with Crippen LogP contribution in [-0.2, 0) is 0 Å².